The Morgan fingerprint density at radius 2 is 2.09 bits per heavy atom. The molecule has 0 aliphatic heterocycles. The molecule has 0 aromatic heterocycles. The molecule has 1 amide bonds. The van der Waals surface area contributed by atoms with Crippen LogP contribution in [0.15, 0.2) is 4.99 Å². The summed E-state index contributed by atoms with van der Waals surface area (Å²) in [4.78, 5) is 18.0. The molecule has 0 radical (unpaired) electrons. The quantitative estimate of drug-likeness (QED) is 0.356. The molecule has 0 aromatic rings. The highest BCUT2D eigenvalue weighted by atomic mass is 127. The second kappa shape index (κ2) is 11.8. The van der Waals surface area contributed by atoms with Crippen LogP contribution in [-0.2, 0) is 4.74 Å². The fourth-order valence-corrected chi connectivity index (χ4v) is 2.25. The predicted molar refractivity (Wildman–Crippen MR) is 101 cm³/mol. The normalized spacial score (nSPS) is 15.5. The molecule has 1 unspecified atom stereocenters. The van der Waals surface area contributed by atoms with Gasteiger partial charge in [0.2, 0.25) is 0 Å². The first kappa shape index (κ1) is 21.3. The van der Waals surface area contributed by atoms with E-state index in [0.29, 0.717) is 19.1 Å². The van der Waals surface area contributed by atoms with E-state index in [1.165, 1.54) is 12.8 Å². The molecule has 2 N–H and O–H groups in total. The van der Waals surface area contributed by atoms with E-state index >= 15 is 0 Å². The van der Waals surface area contributed by atoms with Crippen molar-refractivity contribution < 1.29 is 9.53 Å². The molecule has 0 spiro atoms. The summed E-state index contributed by atoms with van der Waals surface area (Å²) in [5.41, 5.74) is 0. The van der Waals surface area contributed by atoms with Crippen LogP contribution in [0.3, 0.4) is 0 Å². The van der Waals surface area contributed by atoms with Gasteiger partial charge < -0.3 is 20.3 Å². The van der Waals surface area contributed by atoms with Crippen LogP contribution in [-0.4, -0.2) is 56.8 Å². The lowest BCUT2D eigenvalue weighted by Crippen LogP contribution is -2.48. The molecule has 130 valence electrons. The fraction of sp³-hybridized carbons (Fsp3) is 0.867. The molecule has 7 heteroatoms. The Kier molecular flexibility index (Phi) is 11.4. The third-order valence-corrected chi connectivity index (χ3v) is 3.67. The number of carbonyl (C=O) groups is 1. The summed E-state index contributed by atoms with van der Waals surface area (Å²) < 4.78 is 4.97. The van der Waals surface area contributed by atoms with E-state index in [-0.39, 0.29) is 36.1 Å². The van der Waals surface area contributed by atoms with E-state index in [9.17, 15) is 4.79 Å². The maximum atomic E-state index is 11.6. The second-order valence-electron chi connectivity index (χ2n) is 5.51. The van der Waals surface area contributed by atoms with Gasteiger partial charge in [0.05, 0.1) is 12.6 Å². The van der Waals surface area contributed by atoms with E-state index in [4.69, 9.17) is 4.74 Å². The summed E-state index contributed by atoms with van der Waals surface area (Å²) in [6.45, 7) is 6.06. The van der Waals surface area contributed by atoms with Crippen LogP contribution in [0.2, 0.25) is 0 Å². The van der Waals surface area contributed by atoms with Gasteiger partial charge in [0.25, 0.3) is 0 Å². The minimum Gasteiger partial charge on any atom is -0.450 e. The Labute approximate surface area is 151 Å². The highest BCUT2D eigenvalue weighted by molar-refractivity contribution is 14.0. The van der Waals surface area contributed by atoms with Crippen molar-refractivity contribution in [3.05, 3.63) is 0 Å². The molecule has 1 aliphatic carbocycles. The number of carbonyl (C=O) groups excluding carboxylic acids is 1. The number of nitrogens with one attached hydrogen (secondary N) is 2. The monoisotopic (exact) mass is 426 g/mol. The van der Waals surface area contributed by atoms with Crippen LogP contribution in [0.4, 0.5) is 4.79 Å². The minimum absolute atomic E-state index is 0. The fourth-order valence-electron chi connectivity index (χ4n) is 2.25. The molecule has 0 heterocycles. The number of halogens is 1. The maximum absolute atomic E-state index is 11.6. The Hall–Kier alpha value is -0.730. The lowest BCUT2D eigenvalue weighted by atomic mass is 10.2. The van der Waals surface area contributed by atoms with Crippen LogP contribution in [0.5, 0.6) is 0 Å². The number of ether oxygens (including phenoxy) is 1. The smallest absolute Gasteiger partial charge is 0.407 e. The molecule has 6 nitrogen and oxygen atoms in total. The average molecular weight is 426 g/mol. The number of guanidine groups is 1. The summed E-state index contributed by atoms with van der Waals surface area (Å²) in [7, 11) is 3.82. The van der Waals surface area contributed by atoms with Crippen molar-refractivity contribution in [1.29, 1.82) is 0 Å². The third-order valence-electron chi connectivity index (χ3n) is 3.67. The van der Waals surface area contributed by atoms with Crippen molar-refractivity contribution in [3.63, 3.8) is 0 Å². The standard InChI is InChI=1S/C15H30N4O2.HI/c1-5-7-10-19(4)14(16-3)17-11-13(12-8-9-12)18-15(20)21-6-2;/h12-13H,5-11H2,1-4H3,(H,16,17)(H,18,20);1H. The summed E-state index contributed by atoms with van der Waals surface area (Å²) in [6, 6.07) is 0.111. The number of alkyl carbamates (subject to hydrolysis) is 1. The summed E-state index contributed by atoms with van der Waals surface area (Å²) in [5, 5.41) is 6.30. The highest BCUT2D eigenvalue weighted by Crippen LogP contribution is 2.32. The first-order chi connectivity index (χ1) is 10.1. The van der Waals surface area contributed by atoms with Crippen LogP contribution < -0.4 is 10.6 Å². The Balaban J connectivity index is 0.00000441. The van der Waals surface area contributed by atoms with Crippen LogP contribution in [0, 0.1) is 5.92 Å². The van der Waals surface area contributed by atoms with Crippen molar-refractivity contribution in [2.24, 2.45) is 10.9 Å². The third kappa shape index (κ3) is 8.05. The zero-order chi connectivity index (χ0) is 15.7. The van der Waals surface area contributed by atoms with Crippen molar-refractivity contribution in [2.75, 3.05) is 33.8 Å². The number of unbranched alkanes of at least 4 members (excludes halogenated alkanes) is 1. The zero-order valence-corrected chi connectivity index (χ0v) is 16.6. The average Bonchev–Trinajstić information content (AvgIpc) is 3.29. The van der Waals surface area contributed by atoms with Gasteiger partial charge in [-0.25, -0.2) is 4.79 Å². The Morgan fingerprint density at radius 1 is 1.41 bits per heavy atom. The largest absolute Gasteiger partial charge is 0.450 e. The molecule has 1 saturated carbocycles. The topological polar surface area (TPSA) is 66.0 Å². The van der Waals surface area contributed by atoms with E-state index in [1.807, 2.05) is 14.0 Å². The first-order valence-corrected chi connectivity index (χ1v) is 7.97. The molecule has 1 rings (SSSR count). The van der Waals surface area contributed by atoms with E-state index < -0.39 is 0 Å². The Bertz CT molecular complexity index is 348. The van der Waals surface area contributed by atoms with Crippen LogP contribution in [0.1, 0.15) is 39.5 Å². The molecule has 22 heavy (non-hydrogen) atoms. The van der Waals surface area contributed by atoms with Gasteiger partial charge in [0.1, 0.15) is 0 Å². The number of aliphatic imine (C=N–C) groups is 1. The van der Waals surface area contributed by atoms with E-state index in [0.717, 1.165) is 25.3 Å². The van der Waals surface area contributed by atoms with Crippen molar-refractivity contribution in [3.8, 4) is 0 Å². The Morgan fingerprint density at radius 3 is 2.59 bits per heavy atom. The van der Waals surface area contributed by atoms with E-state index in [2.05, 4.69) is 27.4 Å². The van der Waals surface area contributed by atoms with Crippen molar-refractivity contribution in [2.45, 2.75) is 45.6 Å². The molecule has 0 aromatic carbocycles. The van der Waals surface area contributed by atoms with Gasteiger partial charge in [-0.15, -0.1) is 24.0 Å². The number of amides is 1. The minimum atomic E-state index is -0.328. The molecule has 1 aliphatic rings. The zero-order valence-electron chi connectivity index (χ0n) is 14.2. The molecule has 0 bridgehead atoms. The van der Waals surface area contributed by atoms with Gasteiger partial charge in [-0.2, -0.15) is 0 Å². The van der Waals surface area contributed by atoms with Gasteiger partial charge in [-0.05, 0) is 32.1 Å². The summed E-state index contributed by atoms with van der Waals surface area (Å²) >= 11 is 0. The number of hydrogen-bond acceptors (Lipinski definition) is 3. The van der Waals surface area contributed by atoms with Gasteiger partial charge in [-0.1, -0.05) is 13.3 Å². The second-order valence-corrected chi connectivity index (χ2v) is 5.51. The predicted octanol–water partition coefficient (Wildman–Crippen LogP) is 2.44. The lowest BCUT2D eigenvalue weighted by Gasteiger charge is -2.25. The maximum Gasteiger partial charge on any atom is 0.407 e. The highest BCUT2D eigenvalue weighted by Gasteiger charge is 2.32. The van der Waals surface area contributed by atoms with Gasteiger partial charge in [0.15, 0.2) is 5.96 Å². The number of nitrogens with zero attached hydrogens (tertiary/aromatic N) is 2. The molecular weight excluding hydrogens is 395 g/mol. The first-order valence-electron chi connectivity index (χ1n) is 7.97. The summed E-state index contributed by atoms with van der Waals surface area (Å²) in [5.74, 6) is 1.43. The lowest BCUT2D eigenvalue weighted by molar-refractivity contribution is 0.146. The molecule has 1 atom stereocenters. The van der Waals surface area contributed by atoms with Crippen molar-refractivity contribution in [1.82, 2.24) is 15.5 Å². The van der Waals surface area contributed by atoms with E-state index in [1.54, 1.807) is 7.05 Å². The summed E-state index contributed by atoms with van der Waals surface area (Å²) in [6.07, 6.45) is 4.32. The van der Waals surface area contributed by atoms with Crippen LogP contribution >= 0.6 is 24.0 Å². The van der Waals surface area contributed by atoms with Crippen LogP contribution in [0.25, 0.3) is 0 Å². The molecule has 1 fully saturated rings. The van der Waals surface area contributed by atoms with Crippen molar-refractivity contribution >= 4 is 36.0 Å². The SMILES string of the molecule is CCCCN(C)C(=NC)NCC(NC(=O)OCC)C1CC1.I. The molecule has 0 saturated heterocycles. The van der Waals surface area contributed by atoms with Gasteiger partial charge >= 0.3 is 6.09 Å². The number of hydrogen-bond donors (Lipinski definition) is 2. The number of rotatable bonds is 8. The van der Waals surface area contributed by atoms with Gasteiger partial charge in [0, 0.05) is 27.2 Å². The molecular formula is C15H31IN4O2. The van der Waals surface area contributed by atoms with Gasteiger partial charge in [-0.3, -0.25) is 4.99 Å².